The maximum Gasteiger partial charge on any atom is 0.201 e. The maximum atomic E-state index is 9.86. The van der Waals surface area contributed by atoms with Crippen LogP contribution >= 0.6 is 0 Å². The molecular formula is C7H19NOSi. The molecule has 0 heterocycles. The van der Waals surface area contributed by atoms with Crippen LogP contribution in [0.4, 0.5) is 0 Å². The van der Waals surface area contributed by atoms with Gasteiger partial charge in [-0.25, -0.2) is 0 Å². The molecule has 0 saturated carbocycles. The molecule has 2 atom stereocenters. The SMILES string of the molecule is CCC(NC)[Si](C)(O)CC. The van der Waals surface area contributed by atoms with Gasteiger partial charge in [-0.2, -0.15) is 0 Å². The van der Waals surface area contributed by atoms with Gasteiger partial charge in [-0.05, 0) is 26.1 Å². The van der Waals surface area contributed by atoms with E-state index >= 15 is 0 Å². The van der Waals surface area contributed by atoms with Crippen molar-refractivity contribution in [2.24, 2.45) is 0 Å². The first-order chi connectivity index (χ1) is 4.58. The Bertz CT molecular complexity index is 91.6. The van der Waals surface area contributed by atoms with E-state index in [1.165, 1.54) is 0 Å². The van der Waals surface area contributed by atoms with Gasteiger partial charge in [0, 0.05) is 5.67 Å². The second-order valence-corrected chi connectivity index (χ2v) is 7.08. The monoisotopic (exact) mass is 161 g/mol. The van der Waals surface area contributed by atoms with E-state index < -0.39 is 8.32 Å². The standard InChI is InChI=1S/C7H19NOSi/c1-5-7(8-3)10(4,9)6-2/h7-9H,5-6H2,1-4H3. The average Bonchev–Trinajstić information content (AvgIpc) is 1.90. The van der Waals surface area contributed by atoms with Crippen LogP contribution in [-0.2, 0) is 0 Å². The summed E-state index contributed by atoms with van der Waals surface area (Å²) in [5.41, 5.74) is 0.359. The van der Waals surface area contributed by atoms with Crippen molar-refractivity contribution in [1.82, 2.24) is 5.32 Å². The van der Waals surface area contributed by atoms with Crippen molar-refractivity contribution in [1.29, 1.82) is 0 Å². The molecule has 2 nitrogen and oxygen atoms in total. The Kier molecular flexibility index (Phi) is 4.16. The zero-order chi connectivity index (χ0) is 8.20. The fraction of sp³-hybridized carbons (Fsp3) is 1.00. The molecule has 0 fully saturated rings. The fourth-order valence-electron chi connectivity index (χ4n) is 1.20. The molecule has 62 valence electrons. The van der Waals surface area contributed by atoms with Crippen LogP contribution in [0.1, 0.15) is 20.3 Å². The molecule has 0 aliphatic heterocycles. The molecule has 0 aromatic rings. The molecule has 0 saturated heterocycles. The van der Waals surface area contributed by atoms with Crippen molar-refractivity contribution in [3.63, 3.8) is 0 Å². The summed E-state index contributed by atoms with van der Waals surface area (Å²) in [5.74, 6) is 0. The van der Waals surface area contributed by atoms with E-state index in [0.717, 1.165) is 12.5 Å². The van der Waals surface area contributed by atoms with Gasteiger partial charge in [0.05, 0.1) is 0 Å². The maximum absolute atomic E-state index is 9.86. The predicted molar refractivity (Wildman–Crippen MR) is 47.5 cm³/mol. The molecule has 0 aliphatic rings. The van der Waals surface area contributed by atoms with Crippen molar-refractivity contribution >= 4 is 8.32 Å². The molecule has 0 aromatic carbocycles. The lowest BCUT2D eigenvalue weighted by Crippen LogP contribution is -2.51. The van der Waals surface area contributed by atoms with Crippen LogP contribution in [0.15, 0.2) is 0 Å². The van der Waals surface area contributed by atoms with E-state index in [0.29, 0.717) is 5.67 Å². The van der Waals surface area contributed by atoms with Gasteiger partial charge < -0.3 is 10.1 Å². The van der Waals surface area contributed by atoms with Gasteiger partial charge in [0.15, 0.2) is 0 Å². The normalized spacial score (nSPS) is 20.1. The molecule has 0 aromatic heterocycles. The van der Waals surface area contributed by atoms with Crippen LogP contribution in [0.25, 0.3) is 0 Å². The number of rotatable bonds is 4. The lowest BCUT2D eigenvalue weighted by molar-refractivity contribution is 0.487. The fourth-order valence-corrected chi connectivity index (χ4v) is 3.20. The summed E-state index contributed by atoms with van der Waals surface area (Å²) in [6, 6.07) is 0.937. The molecule has 0 radical (unpaired) electrons. The highest BCUT2D eigenvalue weighted by Crippen LogP contribution is 2.12. The predicted octanol–water partition coefficient (Wildman–Crippen LogP) is 1.11. The summed E-state index contributed by atoms with van der Waals surface area (Å²) in [6.45, 7) is 6.18. The number of nitrogens with one attached hydrogen (secondary N) is 1. The highest BCUT2D eigenvalue weighted by molar-refractivity contribution is 6.72. The Morgan fingerprint density at radius 3 is 2.10 bits per heavy atom. The van der Waals surface area contributed by atoms with Crippen LogP contribution in [0.5, 0.6) is 0 Å². The van der Waals surface area contributed by atoms with E-state index in [9.17, 15) is 4.80 Å². The zero-order valence-electron chi connectivity index (χ0n) is 7.44. The van der Waals surface area contributed by atoms with E-state index in [1.54, 1.807) is 0 Å². The van der Waals surface area contributed by atoms with E-state index in [-0.39, 0.29) is 0 Å². The molecule has 2 N–H and O–H groups in total. The molecule has 0 rings (SSSR count). The topological polar surface area (TPSA) is 32.3 Å². The molecule has 2 unspecified atom stereocenters. The summed E-state index contributed by atoms with van der Waals surface area (Å²) in [4.78, 5) is 9.86. The van der Waals surface area contributed by atoms with Gasteiger partial charge in [0.1, 0.15) is 0 Å². The van der Waals surface area contributed by atoms with Crippen molar-refractivity contribution < 1.29 is 4.80 Å². The van der Waals surface area contributed by atoms with Crippen LogP contribution in [0, 0.1) is 0 Å². The number of hydrogen-bond acceptors (Lipinski definition) is 2. The average molecular weight is 161 g/mol. The van der Waals surface area contributed by atoms with Gasteiger partial charge in [0.2, 0.25) is 8.32 Å². The largest absolute Gasteiger partial charge is 0.430 e. The van der Waals surface area contributed by atoms with Crippen LogP contribution in [-0.4, -0.2) is 25.8 Å². The first-order valence-corrected chi connectivity index (χ1v) is 6.71. The first kappa shape index (κ1) is 10.1. The van der Waals surface area contributed by atoms with Crippen molar-refractivity contribution in [2.75, 3.05) is 7.05 Å². The minimum Gasteiger partial charge on any atom is -0.430 e. The Labute approximate surface area is 64.8 Å². The van der Waals surface area contributed by atoms with Gasteiger partial charge in [0.25, 0.3) is 0 Å². The summed E-state index contributed by atoms with van der Waals surface area (Å²) < 4.78 is 0. The summed E-state index contributed by atoms with van der Waals surface area (Å²) in [7, 11) is 0.00410. The summed E-state index contributed by atoms with van der Waals surface area (Å²) in [6.07, 6.45) is 1.03. The third-order valence-corrected chi connectivity index (χ3v) is 5.85. The minimum absolute atomic E-state index is 0.359. The Balaban J connectivity index is 3.97. The third-order valence-electron chi connectivity index (χ3n) is 2.22. The van der Waals surface area contributed by atoms with Gasteiger partial charge in [-0.15, -0.1) is 0 Å². The summed E-state index contributed by atoms with van der Waals surface area (Å²) in [5, 5.41) is 3.15. The molecular weight excluding hydrogens is 142 g/mol. The number of hydrogen-bond donors (Lipinski definition) is 2. The van der Waals surface area contributed by atoms with Crippen molar-refractivity contribution in [3.8, 4) is 0 Å². The Morgan fingerprint density at radius 1 is 1.50 bits per heavy atom. The van der Waals surface area contributed by atoms with Crippen LogP contribution in [0.2, 0.25) is 12.6 Å². The van der Waals surface area contributed by atoms with E-state index in [2.05, 4.69) is 19.2 Å². The van der Waals surface area contributed by atoms with Crippen LogP contribution in [0.3, 0.4) is 0 Å². The van der Waals surface area contributed by atoms with E-state index in [4.69, 9.17) is 0 Å². The molecule has 0 amide bonds. The lowest BCUT2D eigenvalue weighted by Gasteiger charge is -2.27. The van der Waals surface area contributed by atoms with Gasteiger partial charge >= 0.3 is 0 Å². The van der Waals surface area contributed by atoms with E-state index in [1.807, 2.05) is 13.6 Å². The van der Waals surface area contributed by atoms with Gasteiger partial charge in [-0.3, -0.25) is 0 Å². The highest BCUT2D eigenvalue weighted by Gasteiger charge is 2.30. The quantitative estimate of drug-likeness (QED) is 0.605. The minimum atomic E-state index is -1.92. The van der Waals surface area contributed by atoms with Crippen molar-refractivity contribution in [3.05, 3.63) is 0 Å². The van der Waals surface area contributed by atoms with Crippen molar-refractivity contribution in [2.45, 2.75) is 38.5 Å². The first-order valence-electron chi connectivity index (χ1n) is 3.98. The Morgan fingerprint density at radius 2 is 2.00 bits per heavy atom. The third kappa shape index (κ3) is 2.40. The second kappa shape index (κ2) is 4.11. The summed E-state index contributed by atoms with van der Waals surface area (Å²) >= 11 is 0. The molecule has 0 aliphatic carbocycles. The molecule has 0 bridgehead atoms. The molecule has 10 heavy (non-hydrogen) atoms. The zero-order valence-corrected chi connectivity index (χ0v) is 8.44. The smallest absolute Gasteiger partial charge is 0.201 e. The van der Waals surface area contributed by atoms with Gasteiger partial charge in [-0.1, -0.05) is 13.8 Å². The van der Waals surface area contributed by atoms with Crippen LogP contribution < -0.4 is 5.32 Å². The lowest BCUT2D eigenvalue weighted by atomic mass is 10.5. The highest BCUT2D eigenvalue weighted by atomic mass is 28.4. The Hall–Kier alpha value is 0.137. The molecule has 3 heteroatoms. The molecule has 0 spiro atoms. The second-order valence-electron chi connectivity index (χ2n) is 2.96.